The largest absolute Gasteiger partial charge is 0.359 e. The van der Waals surface area contributed by atoms with Crippen LogP contribution in [0.15, 0.2) is 30.3 Å². The molecule has 88 valence electrons. The van der Waals surface area contributed by atoms with Crippen molar-refractivity contribution in [2.75, 3.05) is 13.3 Å². The Hall–Kier alpha value is -1.32. The van der Waals surface area contributed by atoms with Gasteiger partial charge in [-0.25, -0.2) is 0 Å². The fraction of sp³-hybridized carbons (Fsp3) is 0.308. The van der Waals surface area contributed by atoms with Crippen LogP contribution < -0.4 is 0 Å². The fourth-order valence-corrected chi connectivity index (χ4v) is 2.58. The van der Waals surface area contributed by atoms with Crippen LogP contribution in [0, 0.1) is 0 Å². The van der Waals surface area contributed by atoms with Gasteiger partial charge in [-0.15, -0.1) is 0 Å². The average Bonchev–Trinajstić information content (AvgIpc) is 2.76. The van der Waals surface area contributed by atoms with Crippen molar-refractivity contribution < 1.29 is 9.53 Å². The Morgan fingerprint density at radius 3 is 3.00 bits per heavy atom. The number of ketones is 1. The van der Waals surface area contributed by atoms with Crippen LogP contribution >= 0.6 is 11.6 Å². The molecule has 0 aliphatic carbocycles. The zero-order valence-electron chi connectivity index (χ0n) is 9.23. The number of hydrogen-bond acceptors (Lipinski definition) is 3. The summed E-state index contributed by atoms with van der Waals surface area (Å²) in [7, 11) is 0. The van der Waals surface area contributed by atoms with E-state index in [0.717, 1.165) is 11.3 Å². The Labute approximate surface area is 105 Å². The normalized spacial score (nSPS) is 23.6. The van der Waals surface area contributed by atoms with Crippen molar-refractivity contribution in [2.24, 2.45) is 0 Å². The van der Waals surface area contributed by atoms with E-state index < -0.39 is 0 Å². The quantitative estimate of drug-likeness (QED) is 0.765. The van der Waals surface area contributed by atoms with Crippen LogP contribution in [0.4, 0.5) is 0 Å². The Morgan fingerprint density at radius 1 is 1.35 bits per heavy atom. The van der Waals surface area contributed by atoms with Gasteiger partial charge in [0, 0.05) is 23.1 Å². The Balaban J connectivity index is 2.06. The maximum Gasteiger partial charge on any atom is 0.159 e. The Morgan fingerprint density at radius 2 is 2.18 bits per heavy atom. The molecule has 0 aromatic heterocycles. The number of benzene rings is 1. The van der Waals surface area contributed by atoms with Gasteiger partial charge in [0.05, 0.1) is 18.3 Å². The first-order chi connectivity index (χ1) is 8.25. The van der Waals surface area contributed by atoms with Crippen molar-refractivity contribution in [2.45, 2.75) is 12.5 Å². The molecule has 0 spiro atoms. The third-order valence-corrected chi connectivity index (χ3v) is 3.50. The molecule has 17 heavy (non-hydrogen) atoms. The van der Waals surface area contributed by atoms with Crippen LogP contribution in [0.2, 0.25) is 5.02 Å². The van der Waals surface area contributed by atoms with Crippen LogP contribution in [0.3, 0.4) is 0 Å². The lowest BCUT2D eigenvalue weighted by molar-refractivity contribution is -0.115. The van der Waals surface area contributed by atoms with E-state index in [9.17, 15) is 4.79 Å². The molecular weight excluding hydrogens is 238 g/mol. The number of carbonyl (C=O) groups excluding carboxylic acids is 1. The molecule has 2 aliphatic heterocycles. The molecule has 0 radical (unpaired) electrons. The molecular formula is C13H12ClNO2. The molecule has 0 saturated carbocycles. The molecule has 0 bridgehead atoms. The number of ether oxygens (including phenoxy) is 1. The van der Waals surface area contributed by atoms with Gasteiger partial charge in [-0.3, -0.25) is 4.79 Å². The molecule has 1 fully saturated rings. The second-order valence-electron chi connectivity index (χ2n) is 4.30. The van der Waals surface area contributed by atoms with Crippen LogP contribution in [0.5, 0.6) is 0 Å². The van der Waals surface area contributed by atoms with Gasteiger partial charge in [0.15, 0.2) is 5.78 Å². The minimum Gasteiger partial charge on any atom is -0.359 e. The molecule has 1 aromatic carbocycles. The third-order valence-electron chi connectivity index (χ3n) is 3.18. The van der Waals surface area contributed by atoms with Gasteiger partial charge < -0.3 is 9.64 Å². The summed E-state index contributed by atoms with van der Waals surface area (Å²) in [6, 6.07) is 7.74. The fourth-order valence-electron chi connectivity index (χ4n) is 2.35. The molecule has 0 amide bonds. The number of carbonyl (C=O) groups is 1. The van der Waals surface area contributed by atoms with Crippen molar-refractivity contribution >= 4 is 23.1 Å². The van der Waals surface area contributed by atoms with Gasteiger partial charge >= 0.3 is 0 Å². The summed E-state index contributed by atoms with van der Waals surface area (Å²) in [6.45, 7) is 1.16. The first-order valence-electron chi connectivity index (χ1n) is 5.59. The Kier molecular flexibility index (Phi) is 2.65. The summed E-state index contributed by atoms with van der Waals surface area (Å²) in [5, 5.41) is 0.666. The SMILES string of the molecule is O=C1C=C(c2ccccc2Cl)N2COC[C@@H]2C1. The van der Waals surface area contributed by atoms with Crippen molar-refractivity contribution in [3.05, 3.63) is 40.9 Å². The van der Waals surface area contributed by atoms with Crippen LogP contribution in [-0.2, 0) is 9.53 Å². The van der Waals surface area contributed by atoms with Gasteiger partial charge in [0.2, 0.25) is 0 Å². The first kappa shape index (κ1) is 10.8. The number of halogens is 1. The van der Waals surface area contributed by atoms with E-state index >= 15 is 0 Å². The van der Waals surface area contributed by atoms with Crippen molar-refractivity contribution in [1.82, 2.24) is 4.90 Å². The van der Waals surface area contributed by atoms with Crippen molar-refractivity contribution in [1.29, 1.82) is 0 Å². The maximum absolute atomic E-state index is 11.7. The minimum absolute atomic E-state index is 0.145. The molecule has 1 atom stereocenters. The van der Waals surface area contributed by atoms with E-state index in [1.807, 2.05) is 24.3 Å². The lowest BCUT2D eigenvalue weighted by atomic mass is 10.00. The molecule has 4 heteroatoms. The van der Waals surface area contributed by atoms with E-state index in [-0.39, 0.29) is 11.8 Å². The van der Waals surface area contributed by atoms with Crippen molar-refractivity contribution in [3.8, 4) is 0 Å². The predicted molar refractivity (Wildman–Crippen MR) is 65.5 cm³/mol. The lowest BCUT2D eigenvalue weighted by Crippen LogP contribution is -2.35. The molecule has 1 aromatic rings. The van der Waals surface area contributed by atoms with Gasteiger partial charge in [0.25, 0.3) is 0 Å². The summed E-state index contributed by atoms with van der Waals surface area (Å²) in [5.41, 5.74) is 1.78. The number of hydrogen-bond donors (Lipinski definition) is 0. The van der Waals surface area contributed by atoms with E-state index in [1.165, 1.54) is 0 Å². The molecule has 1 saturated heterocycles. The zero-order valence-corrected chi connectivity index (χ0v) is 9.98. The molecule has 2 heterocycles. The highest BCUT2D eigenvalue weighted by Gasteiger charge is 2.33. The molecule has 3 rings (SSSR count). The molecule has 0 N–H and O–H groups in total. The second kappa shape index (κ2) is 4.17. The highest BCUT2D eigenvalue weighted by molar-refractivity contribution is 6.32. The van der Waals surface area contributed by atoms with Gasteiger partial charge in [-0.05, 0) is 6.07 Å². The summed E-state index contributed by atoms with van der Waals surface area (Å²) in [5.74, 6) is 0.145. The minimum atomic E-state index is 0.145. The lowest BCUT2D eigenvalue weighted by Gasteiger charge is -2.30. The van der Waals surface area contributed by atoms with Crippen LogP contribution in [0.1, 0.15) is 12.0 Å². The standard InChI is InChI=1S/C13H12ClNO2/c14-12-4-2-1-3-11(12)13-6-10(16)5-9-7-17-8-15(9)13/h1-4,6,9H,5,7-8H2/t9-/m0/s1. The summed E-state index contributed by atoms with van der Waals surface area (Å²) < 4.78 is 5.42. The Bertz CT molecular complexity index is 498. The zero-order chi connectivity index (χ0) is 11.8. The summed E-state index contributed by atoms with van der Waals surface area (Å²) in [6.07, 6.45) is 2.21. The maximum atomic E-state index is 11.7. The topological polar surface area (TPSA) is 29.5 Å². The highest BCUT2D eigenvalue weighted by Crippen LogP contribution is 2.33. The van der Waals surface area contributed by atoms with Crippen LogP contribution in [-0.4, -0.2) is 30.1 Å². The van der Waals surface area contributed by atoms with E-state index in [1.54, 1.807) is 6.08 Å². The van der Waals surface area contributed by atoms with Crippen LogP contribution in [0.25, 0.3) is 5.70 Å². The third kappa shape index (κ3) is 1.85. The summed E-state index contributed by atoms with van der Waals surface area (Å²) in [4.78, 5) is 13.8. The second-order valence-corrected chi connectivity index (χ2v) is 4.71. The van der Waals surface area contributed by atoms with E-state index in [4.69, 9.17) is 16.3 Å². The average molecular weight is 250 g/mol. The predicted octanol–water partition coefficient (Wildman–Crippen LogP) is 2.31. The highest BCUT2D eigenvalue weighted by atomic mass is 35.5. The van der Waals surface area contributed by atoms with E-state index in [2.05, 4.69) is 4.90 Å². The van der Waals surface area contributed by atoms with Crippen molar-refractivity contribution in [3.63, 3.8) is 0 Å². The molecule has 0 unspecified atom stereocenters. The smallest absolute Gasteiger partial charge is 0.159 e. The number of allylic oxidation sites excluding steroid dienone is 1. The van der Waals surface area contributed by atoms with E-state index in [0.29, 0.717) is 24.8 Å². The van der Waals surface area contributed by atoms with Gasteiger partial charge in [0.1, 0.15) is 6.73 Å². The van der Waals surface area contributed by atoms with Gasteiger partial charge in [-0.2, -0.15) is 0 Å². The molecule has 3 nitrogen and oxygen atoms in total. The summed E-state index contributed by atoms with van der Waals surface area (Å²) >= 11 is 6.18. The number of fused-ring (bicyclic) bond motifs is 1. The monoisotopic (exact) mass is 249 g/mol. The molecule has 2 aliphatic rings. The first-order valence-corrected chi connectivity index (χ1v) is 5.97. The number of rotatable bonds is 1. The number of nitrogens with zero attached hydrogens (tertiary/aromatic N) is 1. The van der Waals surface area contributed by atoms with Gasteiger partial charge in [-0.1, -0.05) is 29.8 Å².